The Balaban J connectivity index is 1.97. The number of carbonyl (C=O) groups excluding carboxylic acids is 1. The number of piperidine rings is 1. The average molecular weight is 277 g/mol. The summed E-state index contributed by atoms with van der Waals surface area (Å²) in [4.78, 5) is 18.2. The fourth-order valence-electron chi connectivity index (χ4n) is 2.78. The van der Waals surface area contributed by atoms with Crippen LogP contribution in [0.5, 0.6) is 0 Å². The molecule has 2 rings (SSSR count). The third kappa shape index (κ3) is 4.02. The summed E-state index contributed by atoms with van der Waals surface area (Å²) in [6.45, 7) is 3.70. The van der Waals surface area contributed by atoms with Gasteiger partial charge in [0.2, 0.25) is 0 Å². The van der Waals surface area contributed by atoms with Gasteiger partial charge in [-0.2, -0.15) is 0 Å². The van der Waals surface area contributed by atoms with Gasteiger partial charge in [0.25, 0.3) is 0 Å². The van der Waals surface area contributed by atoms with Crippen LogP contribution in [0.1, 0.15) is 35.4 Å². The van der Waals surface area contributed by atoms with Crippen molar-refractivity contribution in [2.24, 2.45) is 11.7 Å². The molecule has 5 heteroatoms. The molecule has 2 N–H and O–H groups in total. The van der Waals surface area contributed by atoms with E-state index >= 15 is 0 Å². The van der Waals surface area contributed by atoms with Gasteiger partial charge in [-0.25, -0.2) is 9.78 Å². The van der Waals surface area contributed by atoms with Crippen LogP contribution in [0, 0.1) is 5.92 Å². The molecule has 0 bridgehead atoms. The van der Waals surface area contributed by atoms with E-state index in [1.165, 1.54) is 20.0 Å². The molecule has 1 aromatic heterocycles. The largest absolute Gasteiger partial charge is 0.464 e. The molecule has 0 amide bonds. The zero-order valence-corrected chi connectivity index (χ0v) is 12.0. The summed E-state index contributed by atoms with van der Waals surface area (Å²) in [5.41, 5.74) is 6.94. The van der Waals surface area contributed by atoms with E-state index in [1.54, 1.807) is 6.07 Å². The molecule has 1 aliphatic heterocycles. The number of rotatable bonds is 5. The van der Waals surface area contributed by atoms with E-state index < -0.39 is 0 Å². The fraction of sp³-hybridized carbons (Fsp3) is 0.600. The zero-order chi connectivity index (χ0) is 14.4. The fourth-order valence-corrected chi connectivity index (χ4v) is 2.78. The molecule has 1 aromatic rings. The molecular weight excluding hydrogens is 254 g/mol. The predicted octanol–water partition coefficient (Wildman–Crippen LogP) is 1.43. The van der Waals surface area contributed by atoms with Crippen molar-refractivity contribution in [1.82, 2.24) is 9.88 Å². The van der Waals surface area contributed by atoms with Gasteiger partial charge in [0.15, 0.2) is 0 Å². The summed E-state index contributed by atoms with van der Waals surface area (Å²) in [7, 11) is 1.37. The minimum absolute atomic E-state index is 0.375. The van der Waals surface area contributed by atoms with Crippen LogP contribution in [-0.2, 0) is 11.3 Å². The molecule has 110 valence electrons. The number of pyridine rings is 1. The van der Waals surface area contributed by atoms with Crippen molar-refractivity contribution in [2.75, 3.05) is 26.7 Å². The van der Waals surface area contributed by atoms with Crippen molar-refractivity contribution in [1.29, 1.82) is 0 Å². The van der Waals surface area contributed by atoms with E-state index in [0.717, 1.165) is 38.3 Å². The van der Waals surface area contributed by atoms with Crippen LogP contribution in [0.25, 0.3) is 0 Å². The number of hydrogen-bond acceptors (Lipinski definition) is 5. The molecular formula is C15H23N3O2. The third-order valence-corrected chi connectivity index (χ3v) is 3.76. The smallest absolute Gasteiger partial charge is 0.356 e. The minimum Gasteiger partial charge on any atom is -0.464 e. The van der Waals surface area contributed by atoms with Gasteiger partial charge in [-0.15, -0.1) is 0 Å². The van der Waals surface area contributed by atoms with E-state index in [0.29, 0.717) is 11.6 Å². The Labute approximate surface area is 120 Å². The average Bonchev–Trinajstić information content (AvgIpc) is 2.47. The van der Waals surface area contributed by atoms with Gasteiger partial charge in [0.1, 0.15) is 5.69 Å². The Kier molecular flexibility index (Phi) is 5.49. The maximum absolute atomic E-state index is 11.5. The maximum atomic E-state index is 11.5. The van der Waals surface area contributed by atoms with Crippen LogP contribution >= 0.6 is 0 Å². The van der Waals surface area contributed by atoms with E-state index in [2.05, 4.69) is 9.88 Å². The highest BCUT2D eigenvalue weighted by atomic mass is 16.5. The molecule has 1 fully saturated rings. The summed E-state index contributed by atoms with van der Waals surface area (Å²) >= 11 is 0. The Morgan fingerprint density at radius 2 is 2.40 bits per heavy atom. The quantitative estimate of drug-likeness (QED) is 0.825. The number of nitrogens with zero attached hydrogens (tertiary/aromatic N) is 2. The number of esters is 1. The molecule has 0 spiro atoms. The number of aromatic nitrogens is 1. The SMILES string of the molecule is COC(=O)c1cccc(CN2CCCC(CCN)C2)n1. The third-order valence-electron chi connectivity index (χ3n) is 3.76. The Bertz CT molecular complexity index is 448. The molecule has 0 saturated carbocycles. The second-order valence-corrected chi connectivity index (χ2v) is 5.33. The van der Waals surface area contributed by atoms with E-state index in [4.69, 9.17) is 10.5 Å². The van der Waals surface area contributed by atoms with Crippen molar-refractivity contribution < 1.29 is 9.53 Å². The Morgan fingerprint density at radius 1 is 1.55 bits per heavy atom. The second-order valence-electron chi connectivity index (χ2n) is 5.33. The Morgan fingerprint density at radius 3 is 3.15 bits per heavy atom. The van der Waals surface area contributed by atoms with E-state index in [9.17, 15) is 4.79 Å². The molecule has 5 nitrogen and oxygen atoms in total. The number of methoxy groups -OCH3 is 1. The van der Waals surface area contributed by atoms with Crippen molar-refractivity contribution >= 4 is 5.97 Å². The van der Waals surface area contributed by atoms with Crippen LogP contribution in [0.4, 0.5) is 0 Å². The molecule has 0 aliphatic carbocycles. The number of hydrogen-bond donors (Lipinski definition) is 1. The van der Waals surface area contributed by atoms with Crippen molar-refractivity contribution in [3.8, 4) is 0 Å². The lowest BCUT2D eigenvalue weighted by molar-refractivity contribution is 0.0593. The van der Waals surface area contributed by atoms with Gasteiger partial charge in [-0.3, -0.25) is 4.90 Å². The summed E-state index contributed by atoms with van der Waals surface area (Å²) < 4.78 is 4.70. The lowest BCUT2D eigenvalue weighted by Crippen LogP contribution is -2.36. The normalized spacial score (nSPS) is 19.8. The van der Waals surface area contributed by atoms with E-state index in [1.807, 2.05) is 12.1 Å². The van der Waals surface area contributed by atoms with Gasteiger partial charge in [-0.1, -0.05) is 6.07 Å². The van der Waals surface area contributed by atoms with E-state index in [-0.39, 0.29) is 5.97 Å². The minimum atomic E-state index is -0.383. The highest BCUT2D eigenvalue weighted by Gasteiger charge is 2.20. The first-order valence-corrected chi connectivity index (χ1v) is 7.19. The maximum Gasteiger partial charge on any atom is 0.356 e. The number of likely N-dealkylation sites (tertiary alicyclic amines) is 1. The summed E-state index contributed by atoms with van der Waals surface area (Å²) in [6, 6.07) is 5.50. The van der Waals surface area contributed by atoms with Gasteiger partial charge < -0.3 is 10.5 Å². The summed E-state index contributed by atoms with van der Waals surface area (Å²) in [5, 5.41) is 0. The predicted molar refractivity (Wildman–Crippen MR) is 77.2 cm³/mol. The summed E-state index contributed by atoms with van der Waals surface area (Å²) in [6.07, 6.45) is 3.57. The molecule has 2 heterocycles. The van der Waals surface area contributed by atoms with Crippen LogP contribution < -0.4 is 5.73 Å². The second kappa shape index (κ2) is 7.36. The topological polar surface area (TPSA) is 68.5 Å². The first-order valence-electron chi connectivity index (χ1n) is 7.19. The molecule has 0 aromatic carbocycles. The van der Waals surface area contributed by atoms with Crippen molar-refractivity contribution in [3.63, 3.8) is 0 Å². The zero-order valence-electron chi connectivity index (χ0n) is 12.0. The van der Waals surface area contributed by atoms with Crippen molar-refractivity contribution in [3.05, 3.63) is 29.6 Å². The lowest BCUT2D eigenvalue weighted by Gasteiger charge is -2.32. The molecule has 1 saturated heterocycles. The molecule has 1 aliphatic rings. The molecule has 1 unspecified atom stereocenters. The highest BCUT2D eigenvalue weighted by molar-refractivity contribution is 5.87. The monoisotopic (exact) mass is 277 g/mol. The van der Waals surface area contributed by atoms with Crippen LogP contribution in [-0.4, -0.2) is 42.6 Å². The molecule has 1 atom stereocenters. The van der Waals surface area contributed by atoms with Crippen LogP contribution in [0.15, 0.2) is 18.2 Å². The van der Waals surface area contributed by atoms with Gasteiger partial charge in [0, 0.05) is 13.1 Å². The summed E-state index contributed by atoms with van der Waals surface area (Å²) in [5.74, 6) is 0.309. The van der Waals surface area contributed by atoms with Crippen molar-refractivity contribution in [2.45, 2.75) is 25.8 Å². The Hall–Kier alpha value is -1.46. The van der Waals surface area contributed by atoms with Crippen LogP contribution in [0.2, 0.25) is 0 Å². The first-order chi connectivity index (χ1) is 9.72. The first kappa shape index (κ1) is 14.9. The number of nitrogens with two attached hydrogens (primary N) is 1. The number of ether oxygens (including phenoxy) is 1. The van der Waals surface area contributed by atoms with Gasteiger partial charge in [0.05, 0.1) is 12.8 Å². The van der Waals surface area contributed by atoms with Gasteiger partial charge >= 0.3 is 5.97 Å². The standard InChI is InChI=1S/C15H23N3O2/c1-20-15(19)14-6-2-5-13(17-14)11-18-9-3-4-12(10-18)7-8-16/h2,5-6,12H,3-4,7-11,16H2,1H3. The molecule has 20 heavy (non-hydrogen) atoms. The van der Waals surface area contributed by atoms with Gasteiger partial charge in [-0.05, 0) is 50.4 Å². The molecule has 0 radical (unpaired) electrons. The number of carbonyl (C=O) groups is 1. The lowest BCUT2D eigenvalue weighted by atomic mass is 9.95. The van der Waals surface area contributed by atoms with Crippen LogP contribution in [0.3, 0.4) is 0 Å². The highest BCUT2D eigenvalue weighted by Crippen LogP contribution is 2.20.